The predicted octanol–water partition coefficient (Wildman–Crippen LogP) is 4.81. The van der Waals surface area contributed by atoms with E-state index in [2.05, 4.69) is 26.6 Å². The number of nitrogens with zero attached hydrogens (tertiary/aromatic N) is 2. The fourth-order valence-corrected chi connectivity index (χ4v) is 3.15. The van der Waals surface area contributed by atoms with E-state index in [0.717, 1.165) is 32.5 Å². The SMILES string of the molecule is Cc1cccc(-c2nc3cc(Br)ccc3n2C2CC2)c1O. The number of halogens is 1. The molecular weight excluding hydrogens is 328 g/mol. The minimum atomic E-state index is 0.328. The maximum atomic E-state index is 10.4. The van der Waals surface area contributed by atoms with Crippen molar-refractivity contribution in [1.82, 2.24) is 9.55 Å². The maximum absolute atomic E-state index is 10.4. The van der Waals surface area contributed by atoms with Crippen molar-refractivity contribution in [3.8, 4) is 17.1 Å². The largest absolute Gasteiger partial charge is 0.507 e. The average molecular weight is 343 g/mol. The highest BCUT2D eigenvalue weighted by Gasteiger charge is 2.29. The van der Waals surface area contributed by atoms with Gasteiger partial charge in [-0.25, -0.2) is 4.98 Å². The van der Waals surface area contributed by atoms with Crippen LogP contribution in [0, 0.1) is 6.92 Å². The molecule has 0 bridgehead atoms. The van der Waals surface area contributed by atoms with Crippen LogP contribution in [0.15, 0.2) is 40.9 Å². The zero-order valence-corrected chi connectivity index (χ0v) is 13.3. The Bertz CT molecular complexity index is 849. The number of benzene rings is 2. The number of hydrogen-bond acceptors (Lipinski definition) is 2. The number of phenols is 1. The van der Waals surface area contributed by atoms with Gasteiger partial charge in [-0.3, -0.25) is 0 Å². The first-order valence-corrected chi connectivity index (χ1v) is 7.91. The highest BCUT2D eigenvalue weighted by atomic mass is 79.9. The highest BCUT2D eigenvalue weighted by molar-refractivity contribution is 9.10. The lowest BCUT2D eigenvalue weighted by Gasteiger charge is -2.10. The zero-order chi connectivity index (χ0) is 14.6. The van der Waals surface area contributed by atoms with Crippen molar-refractivity contribution in [3.63, 3.8) is 0 Å². The molecule has 3 aromatic rings. The summed E-state index contributed by atoms with van der Waals surface area (Å²) >= 11 is 3.50. The molecule has 1 N–H and O–H groups in total. The van der Waals surface area contributed by atoms with Gasteiger partial charge >= 0.3 is 0 Å². The van der Waals surface area contributed by atoms with Crippen molar-refractivity contribution >= 4 is 27.0 Å². The van der Waals surface area contributed by atoms with Crippen molar-refractivity contribution in [2.24, 2.45) is 0 Å². The molecule has 1 saturated carbocycles. The highest BCUT2D eigenvalue weighted by Crippen LogP contribution is 2.43. The van der Waals surface area contributed by atoms with Gasteiger partial charge in [0, 0.05) is 10.5 Å². The van der Waals surface area contributed by atoms with Gasteiger partial charge in [0.2, 0.25) is 0 Å². The van der Waals surface area contributed by atoms with Gasteiger partial charge in [-0.1, -0.05) is 28.1 Å². The minimum absolute atomic E-state index is 0.328. The van der Waals surface area contributed by atoms with E-state index in [1.54, 1.807) is 0 Å². The molecule has 4 heteroatoms. The standard InChI is InChI=1S/C17H15BrN2O/c1-10-3-2-4-13(16(10)21)17-19-14-9-11(18)5-8-15(14)20(17)12-6-7-12/h2-5,8-9,12,21H,6-7H2,1H3. The van der Waals surface area contributed by atoms with Crippen molar-refractivity contribution in [1.29, 1.82) is 0 Å². The maximum Gasteiger partial charge on any atom is 0.145 e. The molecule has 0 amide bonds. The molecule has 0 aliphatic heterocycles. The third-order valence-electron chi connectivity index (χ3n) is 4.04. The third-order valence-corrected chi connectivity index (χ3v) is 4.54. The van der Waals surface area contributed by atoms with E-state index in [1.165, 1.54) is 12.8 Å². The summed E-state index contributed by atoms with van der Waals surface area (Å²) in [6, 6.07) is 12.5. The van der Waals surface area contributed by atoms with Crippen LogP contribution in [-0.4, -0.2) is 14.7 Å². The molecule has 0 unspecified atom stereocenters. The van der Waals surface area contributed by atoms with Gasteiger partial charge in [0.05, 0.1) is 16.6 Å². The molecule has 1 aromatic heterocycles. The Kier molecular flexibility index (Phi) is 2.82. The van der Waals surface area contributed by atoms with Crippen LogP contribution >= 0.6 is 15.9 Å². The van der Waals surface area contributed by atoms with E-state index in [4.69, 9.17) is 4.98 Å². The molecule has 0 atom stereocenters. The number of aromatic nitrogens is 2. The summed E-state index contributed by atoms with van der Waals surface area (Å²) in [6.45, 7) is 1.92. The Labute approximate surface area is 131 Å². The number of aromatic hydroxyl groups is 1. The number of imidazole rings is 1. The molecule has 106 valence electrons. The zero-order valence-electron chi connectivity index (χ0n) is 11.7. The summed E-state index contributed by atoms with van der Waals surface area (Å²) < 4.78 is 3.30. The summed E-state index contributed by atoms with van der Waals surface area (Å²) in [6.07, 6.45) is 2.36. The van der Waals surface area contributed by atoms with Gasteiger partial charge in [0.25, 0.3) is 0 Å². The monoisotopic (exact) mass is 342 g/mol. The van der Waals surface area contributed by atoms with E-state index in [-0.39, 0.29) is 0 Å². The smallest absolute Gasteiger partial charge is 0.145 e. The number of hydrogen-bond donors (Lipinski definition) is 1. The normalized spacial score (nSPS) is 14.8. The lowest BCUT2D eigenvalue weighted by molar-refractivity contribution is 0.472. The van der Waals surface area contributed by atoms with Crippen molar-refractivity contribution < 1.29 is 5.11 Å². The predicted molar refractivity (Wildman–Crippen MR) is 87.5 cm³/mol. The van der Waals surface area contributed by atoms with Crippen molar-refractivity contribution in [2.75, 3.05) is 0 Å². The van der Waals surface area contributed by atoms with Crippen LogP contribution in [0.3, 0.4) is 0 Å². The lowest BCUT2D eigenvalue weighted by atomic mass is 10.1. The quantitative estimate of drug-likeness (QED) is 0.725. The van der Waals surface area contributed by atoms with Gasteiger partial charge < -0.3 is 9.67 Å². The van der Waals surface area contributed by atoms with E-state index in [9.17, 15) is 5.11 Å². The molecule has 4 rings (SSSR count). The topological polar surface area (TPSA) is 38.0 Å². The number of aryl methyl sites for hydroxylation is 1. The molecule has 1 aliphatic carbocycles. The summed E-state index contributed by atoms with van der Waals surface area (Å²) in [4.78, 5) is 4.78. The molecule has 1 heterocycles. The number of rotatable bonds is 2. The molecule has 1 fully saturated rings. The molecular formula is C17H15BrN2O. The van der Waals surface area contributed by atoms with Crippen LogP contribution < -0.4 is 0 Å². The molecule has 0 spiro atoms. The van der Waals surface area contributed by atoms with Crippen molar-refractivity contribution in [3.05, 3.63) is 46.4 Å². The summed E-state index contributed by atoms with van der Waals surface area (Å²) in [5, 5.41) is 10.4. The number of phenolic OH excluding ortho intramolecular Hbond substituents is 1. The molecule has 21 heavy (non-hydrogen) atoms. The van der Waals surface area contributed by atoms with Gasteiger partial charge in [0.1, 0.15) is 11.6 Å². The summed E-state index contributed by atoms with van der Waals surface area (Å²) in [7, 11) is 0. The Hall–Kier alpha value is -1.81. The average Bonchev–Trinajstić information content (AvgIpc) is 3.23. The van der Waals surface area contributed by atoms with E-state index in [1.807, 2.05) is 37.3 Å². The first kappa shape index (κ1) is 12.9. The molecule has 0 radical (unpaired) electrons. The lowest BCUT2D eigenvalue weighted by Crippen LogP contribution is -1.98. The van der Waals surface area contributed by atoms with E-state index in [0.29, 0.717) is 11.8 Å². The van der Waals surface area contributed by atoms with Gasteiger partial charge in [-0.15, -0.1) is 0 Å². The van der Waals surface area contributed by atoms with Crippen LogP contribution in [0.1, 0.15) is 24.4 Å². The summed E-state index contributed by atoms with van der Waals surface area (Å²) in [5.74, 6) is 1.19. The van der Waals surface area contributed by atoms with E-state index < -0.39 is 0 Å². The minimum Gasteiger partial charge on any atom is -0.507 e. The first-order valence-electron chi connectivity index (χ1n) is 7.11. The van der Waals surface area contributed by atoms with Crippen LogP contribution in [-0.2, 0) is 0 Å². The number of fused-ring (bicyclic) bond motifs is 1. The van der Waals surface area contributed by atoms with Gasteiger partial charge in [-0.2, -0.15) is 0 Å². The Morgan fingerprint density at radius 3 is 2.81 bits per heavy atom. The fourth-order valence-electron chi connectivity index (χ4n) is 2.80. The fraction of sp³-hybridized carbons (Fsp3) is 0.235. The van der Waals surface area contributed by atoms with Crippen molar-refractivity contribution in [2.45, 2.75) is 25.8 Å². The van der Waals surface area contributed by atoms with Crippen LogP contribution in [0.25, 0.3) is 22.4 Å². The number of para-hydroxylation sites is 1. The van der Waals surface area contributed by atoms with Gasteiger partial charge in [-0.05, 0) is 49.6 Å². The second-order valence-corrected chi connectivity index (χ2v) is 6.56. The second-order valence-electron chi connectivity index (χ2n) is 5.64. The van der Waals surface area contributed by atoms with Crippen LogP contribution in [0.5, 0.6) is 5.75 Å². The molecule has 0 saturated heterocycles. The third kappa shape index (κ3) is 2.05. The summed E-state index contributed by atoms with van der Waals surface area (Å²) in [5.41, 5.74) is 3.79. The Morgan fingerprint density at radius 2 is 2.05 bits per heavy atom. The Balaban J connectivity index is 2.03. The molecule has 2 aromatic carbocycles. The molecule has 1 aliphatic rings. The van der Waals surface area contributed by atoms with E-state index >= 15 is 0 Å². The van der Waals surface area contributed by atoms with Gasteiger partial charge in [0.15, 0.2) is 0 Å². The first-order chi connectivity index (χ1) is 10.1. The van der Waals surface area contributed by atoms with Crippen LogP contribution in [0.4, 0.5) is 0 Å². The Morgan fingerprint density at radius 1 is 1.24 bits per heavy atom. The molecule has 3 nitrogen and oxygen atoms in total. The van der Waals surface area contributed by atoms with Crippen LogP contribution in [0.2, 0.25) is 0 Å². The second kappa shape index (κ2) is 4.60.